The van der Waals surface area contributed by atoms with Gasteiger partial charge in [0.15, 0.2) is 0 Å². The van der Waals surface area contributed by atoms with Crippen LogP contribution in [0, 0.1) is 5.92 Å². The number of thioether (sulfide) groups is 1. The smallest absolute Gasteiger partial charge is 0.241 e. The van der Waals surface area contributed by atoms with Crippen molar-refractivity contribution in [1.82, 2.24) is 5.32 Å². The summed E-state index contributed by atoms with van der Waals surface area (Å²) in [5.74, 6) is 0.0595. The van der Waals surface area contributed by atoms with Gasteiger partial charge in [0.25, 0.3) is 0 Å². The van der Waals surface area contributed by atoms with Crippen molar-refractivity contribution in [2.45, 2.75) is 31.2 Å². The maximum Gasteiger partial charge on any atom is 0.241 e. The molecule has 0 saturated carbocycles. The monoisotopic (exact) mass is 420 g/mol. The normalized spacial score (nSPS) is 12.6. The highest BCUT2D eigenvalue weighted by Crippen LogP contribution is 2.25. The van der Waals surface area contributed by atoms with E-state index in [4.69, 9.17) is 0 Å². The Balaban J connectivity index is 2.22. The second-order valence-electron chi connectivity index (χ2n) is 7.13. The van der Waals surface area contributed by atoms with E-state index in [-0.39, 0.29) is 18.5 Å². The van der Waals surface area contributed by atoms with Crippen LogP contribution in [0.4, 0.5) is 5.69 Å². The molecule has 1 N–H and O–H groups in total. The van der Waals surface area contributed by atoms with Gasteiger partial charge in [-0.25, -0.2) is 8.42 Å². The van der Waals surface area contributed by atoms with E-state index < -0.39 is 10.0 Å². The topological polar surface area (TPSA) is 66.5 Å². The summed E-state index contributed by atoms with van der Waals surface area (Å²) in [6.45, 7) is 3.94. The molecular formula is C21H28N2O3S2. The highest BCUT2D eigenvalue weighted by molar-refractivity contribution is 7.98. The van der Waals surface area contributed by atoms with Crippen LogP contribution < -0.4 is 9.62 Å². The molecular weight excluding hydrogens is 392 g/mol. The van der Waals surface area contributed by atoms with Crippen LogP contribution in [0.3, 0.4) is 0 Å². The van der Waals surface area contributed by atoms with E-state index in [1.807, 2.05) is 42.7 Å². The molecule has 0 aliphatic rings. The summed E-state index contributed by atoms with van der Waals surface area (Å²) in [6, 6.07) is 16.8. The Morgan fingerprint density at radius 1 is 1.11 bits per heavy atom. The van der Waals surface area contributed by atoms with Crippen LogP contribution in [0.15, 0.2) is 59.5 Å². The minimum atomic E-state index is -3.60. The summed E-state index contributed by atoms with van der Waals surface area (Å²) in [6.07, 6.45) is 3.82. The summed E-state index contributed by atoms with van der Waals surface area (Å²) >= 11 is 1.52. The maximum atomic E-state index is 12.8. The van der Waals surface area contributed by atoms with Gasteiger partial charge in [0.2, 0.25) is 15.9 Å². The molecule has 0 aliphatic heterocycles. The van der Waals surface area contributed by atoms with E-state index in [0.717, 1.165) is 27.4 Å². The lowest BCUT2D eigenvalue weighted by atomic mass is 9.97. The van der Waals surface area contributed by atoms with E-state index >= 15 is 0 Å². The van der Waals surface area contributed by atoms with E-state index in [2.05, 4.69) is 19.2 Å². The molecule has 0 fully saturated rings. The predicted octanol–water partition coefficient (Wildman–Crippen LogP) is 4.08. The third-order valence-electron chi connectivity index (χ3n) is 4.27. The number of anilines is 1. The third-order valence-corrected chi connectivity index (χ3v) is 6.14. The number of carbonyl (C=O) groups excluding carboxylic acids is 1. The summed E-state index contributed by atoms with van der Waals surface area (Å²) in [7, 11) is -3.60. The first-order valence-corrected chi connectivity index (χ1v) is 12.2. The minimum Gasteiger partial charge on any atom is -0.348 e. The van der Waals surface area contributed by atoms with E-state index in [0.29, 0.717) is 11.6 Å². The lowest BCUT2D eigenvalue weighted by Gasteiger charge is -2.25. The molecule has 0 radical (unpaired) electrons. The van der Waals surface area contributed by atoms with Crippen molar-refractivity contribution in [3.8, 4) is 0 Å². The number of amides is 1. The van der Waals surface area contributed by atoms with Crippen molar-refractivity contribution in [2.24, 2.45) is 5.92 Å². The number of hydrogen-bond acceptors (Lipinski definition) is 4. The fourth-order valence-electron chi connectivity index (χ4n) is 2.97. The van der Waals surface area contributed by atoms with Crippen LogP contribution in [0.25, 0.3) is 0 Å². The van der Waals surface area contributed by atoms with Gasteiger partial charge in [0.1, 0.15) is 6.54 Å². The third kappa shape index (κ3) is 6.56. The quantitative estimate of drug-likeness (QED) is 0.621. The number of carbonyl (C=O) groups is 1. The van der Waals surface area contributed by atoms with Crippen molar-refractivity contribution >= 4 is 33.4 Å². The molecule has 2 aromatic rings. The van der Waals surface area contributed by atoms with Gasteiger partial charge >= 0.3 is 0 Å². The van der Waals surface area contributed by atoms with Crippen molar-refractivity contribution in [2.75, 3.05) is 23.4 Å². The Kier molecular flexibility index (Phi) is 7.95. The Morgan fingerprint density at radius 3 is 2.36 bits per heavy atom. The largest absolute Gasteiger partial charge is 0.348 e. The second-order valence-corrected chi connectivity index (χ2v) is 9.92. The molecule has 28 heavy (non-hydrogen) atoms. The number of nitrogens with one attached hydrogen (secondary N) is 1. The number of rotatable bonds is 9. The molecule has 0 heterocycles. The van der Waals surface area contributed by atoms with Crippen LogP contribution in [0.2, 0.25) is 0 Å². The zero-order chi connectivity index (χ0) is 20.7. The van der Waals surface area contributed by atoms with Crippen molar-refractivity contribution in [1.29, 1.82) is 0 Å². The van der Waals surface area contributed by atoms with E-state index in [1.54, 1.807) is 18.2 Å². The average Bonchev–Trinajstić information content (AvgIpc) is 2.65. The van der Waals surface area contributed by atoms with Crippen LogP contribution >= 0.6 is 11.8 Å². The number of hydrogen-bond donors (Lipinski definition) is 1. The lowest BCUT2D eigenvalue weighted by Crippen LogP contribution is -2.41. The fraction of sp³-hybridized carbons (Fsp3) is 0.381. The molecule has 0 unspecified atom stereocenters. The SMILES string of the molecule is CSc1cccc(N(CC(=O)N[C@@H](CC(C)C)c2ccccc2)S(C)(=O)=O)c1. The highest BCUT2D eigenvalue weighted by Gasteiger charge is 2.23. The Bertz CT molecular complexity index is 884. The standard InChI is InChI=1S/C21H28N2O3S2/c1-16(2)13-20(17-9-6-5-7-10-17)22-21(24)15-23(28(4,25)26)18-11-8-12-19(14-18)27-3/h5-12,14,16,20H,13,15H2,1-4H3,(H,22,24)/t20-/m0/s1. The molecule has 2 rings (SSSR count). The summed E-state index contributed by atoms with van der Waals surface area (Å²) in [5, 5.41) is 3.02. The van der Waals surface area contributed by atoms with Gasteiger partial charge in [-0.15, -0.1) is 11.8 Å². The van der Waals surface area contributed by atoms with Crippen LogP contribution in [-0.2, 0) is 14.8 Å². The van der Waals surface area contributed by atoms with Gasteiger partial charge in [-0.1, -0.05) is 50.2 Å². The summed E-state index contributed by atoms with van der Waals surface area (Å²) < 4.78 is 25.8. The van der Waals surface area contributed by atoms with Crippen molar-refractivity contribution in [3.05, 3.63) is 60.2 Å². The van der Waals surface area contributed by atoms with Gasteiger partial charge < -0.3 is 5.32 Å². The molecule has 2 aromatic carbocycles. The minimum absolute atomic E-state index is 0.160. The van der Waals surface area contributed by atoms with E-state index in [1.165, 1.54) is 11.8 Å². The fourth-order valence-corrected chi connectivity index (χ4v) is 4.27. The highest BCUT2D eigenvalue weighted by atomic mass is 32.2. The van der Waals surface area contributed by atoms with Crippen molar-refractivity contribution < 1.29 is 13.2 Å². The maximum absolute atomic E-state index is 12.8. The first kappa shape index (κ1) is 22.3. The molecule has 0 aromatic heterocycles. The zero-order valence-corrected chi connectivity index (χ0v) is 18.4. The first-order chi connectivity index (χ1) is 13.2. The molecule has 5 nitrogen and oxygen atoms in total. The molecule has 0 aliphatic carbocycles. The molecule has 1 atom stereocenters. The second kappa shape index (κ2) is 9.98. The Morgan fingerprint density at radius 2 is 1.79 bits per heavy atom. The average molecular weight is 421 g/mol. The molecule has 152 valence electrons. The van der Waals surface area contributed by atoms with Gasteiger partial charge in [0, 0.05) is 4.90 Å². The van der Waals surface area contributed by atoms with Crippen LogP contribution in [0.5, 0.6) is 0 Å². The summed E-state index contributed by atoms with van der Waals surface area (Å²) in [4.78, 5) is 13.7. The number of sulfonamides is 1. The van der Waals surface area contributed by atoms with Crippen molar-refractivity contribution in [3.63, 3.8) is 0 Å². The number of benzene rings is 2. The molecule has 7 heteroatoms. The lowest BCUT2D eigenvalue weighted by molar-refractivity contribution is -0.120. The van der Waals surface area contributed by atoms with Crippen LogP contribution in [0.1, 0.15) is 31.9 Å². The molecule has 0 saturated heterocycles. The summed E-state index contributed by atoms with van der Waals surface area (Å²) in [5.41, 5.74) is 1.50. The van der Waals surface area contributed by atoms with Gasteiger partial charge in [-0.2, -0.15) is 0 Å². The Labute approximate surface area is 172 Å². The first-order valence-electron chi connectivity index (χ1n) is 9.16. The molecule has 0 spiro atoms. The number of nitrogens with zero attached hydrogens (tertiary/aromatic N) is 1. The Hall–Kier alpha value is -1.99. The molecule has 1 amide bonds. The van der Waals surface area contributed by atoms with E-state index in [9.17, 15) is 13.2 Å². The van der Waals surface area contributed by atoms with Gasteiger partial charge in [0.05, 0.1) is 18.0 Å². The predicted molar refractivity (Wildman–Crippen MR) is 117 cm³/mol. The van der Waals surface area contributed by atoms with Gasteiger partial charge in [-0.3, -0.25) is 9.10 Å². The molecule has 0 bridgehead atoms. The van der Waals surface area contributed by atoms with Crippen LogP contribution in [-0.4, -0.2) is 33.4 Å². The zero-order valence-electron chi connectivity index (χ0n) is 16.8. The van der Waals surface area contributed by atoms with Gasteiger partial charge in [-0.05, 0) is 42.4 Å².